The molecule has 1 amide bonds. The van der Waals surface area contributed by atoms with Crippen molar-refractivity contribution >= 4 is 21.8 Å². The van der Waals surface area contributed by atoms with Crippen molar-refractivity contribution in [2.45, 2.75) is 33.2 Å². The van der Waals surface area contributed by atoms with Gasteiger partial charge < -0.3 is 5.32 Å². The first kappa shape index (κ1) is 11.0. The van der Waals surface area contributed by atoms with Crippen LogP contribution in [0.5, 0.6) is 0 Å². The van der Waals surface area contributed by atoms with E-state index in [2.05, 4.69) is 21.2 Å². The van der Waals surface area contributed by atoms with Gasteiger partial charge in [0.15, 0.2) is 0 Å². The van der Waals surface area contributed by atoms with E-state index in [0.29, 0.717) is 0 Å². The molecule has 2 unspecified atom stereocenters. The van der Waals surface area contributed by atoms with Crippen molar-refractivity contribution in [2.75, 3.05) is 5.33 Å². The maximum Gasteiger partial charge on any atom is 0.223 e. The zero-order valence-electron chi connectivity index (χ0n) is 7.36. The van der Waals surface area contributed by atoms with E-state index in [0.717, 1.165) is 11.8 Å². The molecule has 2 nitrogen and oxygen atoms in total. The zero-order chi connectivity index (χ0) is 8.85. The number of carbonyl (C=O) groups excluding carboxylic acids is 1. The molecule has 0 aliphatic heterocycles. The van der Waals surface area contributed by atoms with Gasteiger partial charge in [0.05, 0.1) is 0 Å². The normalized spacial score (nSPS) is 15.6. The molecular weight excluding hydrogens is 206 g/mol. The highest BCUT2D eigenvalue weighted by molar-refractivity contribution is 9.09. The molecule has 0 saturated carbocycles. The smallest absolute Gasteiger partial charge is 0.223 e. The average molecular weight is 222 g/mol. The fraction of sp³-hybridized carbons (Fsp3) is 0.875. The molecule has 1 N–H and O–H groups in total. The molecule has 0 aliphatic carbocycles. The van der Waals surface area contributed by atoms with Gasteiger partial charge in [-0.05, 0) is 13.3 Å². The fourth-order valence-electron chi connectivity index (χ4n) is 0.609. The molecule has 66 valence electrons. The summed E-state index contributed by atoms with van der Waals surface area (Å²) in [5.74, 6) is 0.288. The highest BCUT2D eigenvalue weighted by Crippen LogP contribution is 2.01. The first-order valence-electron chi connectivity index (χ1n) is 3.98. The summed E-state index contributed by atoms with van der Waals surface area (Å²) in [6.45, 7) is 5.94. The molecule has 0 bridgehead atoms. The van der Waals surface area contributed by atoms with Crippen LogP contribution in [0.2, 0.25) is 0 Å². The van der Waals surface area contributed by atoms with E-state index in [-0.39, 0.29) is 17.9 Å². The second-order valence-electron chi connectivity index (χ2n) is 2.87. The number of hydrogen-bond acceptors (Lipinski definition) is 1. The molecule has 3 heteroatoms. The molecule has 0 fully saturated rings. The van der Waals surface area contributed by atoms with Crippen LogP contribution in [0.3, 0.4) is 0 Å². The van der Waals surface area contributed by atoms with Gasteiger partial charge in [0.2, 0.25) is 5.91 Å². The van der Waals surface area contributed by atoms with Gasteiger partial charge in [-0.15, -0.1) is 0 Å². The summed E-state index contributed by atoms with van der Waals surface area (Å²) >= 11 is 3.30. The van der Waals surface area contributed by atoms with E-state index in [4.69, 9.17) is 0 Å². The third kappa shape index (κ3) is 4.40. The number of alkyl halides is 1. The summed E-state index contributed by atoms with van der Waals surface area (Å²) in [6.07, 6.45) is 0.904. The number of halogens is 1. The molecule has 0 aromatic rings. The summed E-state index contributed by atoms with van der Waals surface area (Å²) in [6, 6.07) is 0.233. The van der Waals surface area contributed by atoms with Crippen molar-refractivity contribution in [3.8, 4) is 0 Å². The van der Waals surface area contributed by atoms with Crippen LogP contribution < -0.4 is 5.32 Å². The lowest BCUT2D eigenvalue weighted by Crippen LogP contribution is -2.36. The molecule has 0 saturated heterocycles. The van der Waals surface area contributed by atoms with E-state index < -0.39 is 0 Å². The number of amides is 1. The first-order chi connectivity index (χ1) is 5.11. The molecule has 0 aromatic heterocycles. The van der Waals surface area contributed by atoms with Crippen LogP contribution in [0, 0.1) is 5.92 Å². The molecule has 0 spiro atoms. The molecule has 0 heterocycles. The Hall–Kier alpha value is -0.0500. The average Bonchev–Trinajstić information content (AvgIpc) is 2.02. The molecule has 0 radical (unpaired) electrons. The third-order valence-electron chi connectivity index (χ3n) is 1.68. The van der Waals surface area contributed by atoms with E-state index in [1.165, 1.54) is 0 Å². The second kappa shape index (κ2) is 5.58. The van der Waals surface area contributed by atoms with Crippen molar-refractivity contribution < 1.29 is 4.79 Å². The Morgan fingerprint density at radius 1 is 1.55 bits per heavy atom. The van der Waals surface area contributed by atoms with Gasteiger partial charge in [0, 0.05) is 17.3 Å². The Labute approximate surface area is 76.9 Å². The van der Waals surface area contributed by atoms with Crippen molar-refractivity contribution in [1.82, 2.24) is 5.32 Å². The second-order valence-corrected chi connectivity index (χ2v) is 3.52. The Kier molecular flexibility index (Phi) is 5.56. The maximum atomic E-state index is 11.2. The Bertz CT molecular complexity index is 127. The number of hydrogen-bond donors (Lipinski definition) is 1. The van der Waals surface area contributed by atoms with Gasteiger partial charge in [0.25, 0.3) is 0 Å². The van der Waals surface area contributed by atoms with Crippen LogP contribution in [0.15, 0.2) is 0 Å². The van der Waals surface area contributed by atoms with Crippen LogP contribution in [-0.2, 0) is 4.79 Å². The van der Waals surface area contributed by atoms with E-state index in [9.17, 15) is 4.79 Å². The molecule has 0 rings (SSSR count). The summed E-state index contributed by atoms with van der Waals surface area (Å²) < 4.78 is 0. The van der Waals surface area contributed by atoms with Gasteiger partial charge >= 0.3 is 0 Å². The lowest BCUT2D eigenvalue weighted by atomic mass is 10.1. The Balaban J connectivity index is 3.68. The van der Waals surface area contributed by atoms with Crippen molar-refractivity contribution in [1.29, 1.82) is 0 Å². The zero-order valence-corrected chi connectivity index (χ0v) is 8.94. The predicted octanol–water partition coefficient (Wildman–Crippen LogP) is 1.93. The summed E-state index contributed by atoms with van der Waals surface area (Å²) in [5, 5.41) is 3.71. The van der Waals surface area contributed by atoms with Crippen molar-refractivity contribution in [3.63, 3.8) is 0 Å². The van der Waals surface area contributed by atoms with Crippen molar-refractivity contribution in [3.05, 3.63) is 0 Å². The SMILES string of the molecule is CCC(C)C(=O)NC(C)CBr. The topological polar surface area (TPSA) is 29.1 Å². The van der Waals surface area contributed by atoms with Crippen LogP contribution in [-0.4, -0.2) is 17.3 Å². The largest absolute Gasteiger partial charge is 0.353 e. The van der Waals surface area contributed by atoms with Gasteiger partial charge in [-0.1, -0.05) is 29.8 Å². The molecule has 11 heavy (non-hydrogen) atoms. The minimum absolute atomic E-state index is 0.136. The van der Waals surface area contributed by atoms with Crippen molar-refractivity contribution in [2.24, 2.45) is 5.92 Å². The highest BCUT2D eigenvalue weighted by atomic mass is 79.9. The minimum Gasteiger partial charge on any atom is -0.353 e. The molecule has 0 aromatic carbocycles. The minimum atomic E-state index is 0.136. The van der Waals surface area contributed by atoms with E-state index in [1.807, 2.05) is 20.8 Å². The summed E-state index contributed by atoms with van der Waals surface area (Å²) in [5.41, 5.74) is 0. The molecule has 2 atom stereocenters. The predicted molar refractivity (Wildman–Crippen MR) is 50.9 cm³/mol. The Morgan fingerprint density at radius 2 is 2.09 bits per heavy atom. The third-order valence-corrected chi connectivity index (χ3v) is 2.65. The quantitative estimate of drug-likeness (QED) is 0.723. The van der Waals surface area contributed by atoms with E-state index in [1.54, 1.807) is 0 Å². The first-order valence-corrected chi connectivity index (χ1v) is 5.10. The van der Waals surface area contributed by atoms with Gasteiger partial charge in [-0.2, -0.15) is 0 Å². The van der Waals surface area contributed by atoms with Crippen LogP contribution in [0.4, 0.5) is 0 Å². The number of carbonyl (C=O) groups is 1. The Morgan fingerprint density at radius 3 is 2.45 bits per heavy atom. The van der Waals surface area contributed by atoms with Gasteiger partial charge in [-0.3, -0.25) is 4.79 Å². The lowest BCUT2D eigenvalue weighted by Gasteiger charge is -2.13. The fourth-order valence-corrected chi connectivity index (χ4v) is 0.771. The number of nitrogens with one attached hydrogen (secondary N) is 1. The summed E-state index contributed by atoms with van der Waals surface area (Å²) in [7, 11) is 0. The molecule has 0 aliphatic rings. The van der Waals surface area contributed by atoms with Gasteiger partial charge in [0.1, 0.15) is 0 Å². The van der Waals surface area contributed by atoms with E-state index >= 15 is 0 Å². The lowest BCUT2D eigenvalue weighted by molar-refractivity contribution is -0.125. The highest BCUT2D eigenvalue weighted by Gasteiger charge is 2.11. The standard InChI is InChI=1S/C8H16BrNO/c1-4-6(2)8(11)10-7(3)5-9/h6-7H,4-5H2,1-3H3,(H,10,11). The van der Waals surface area contributed by atoms with Gasteiger partial charge in [-0.25, -0.2) is 0 Å². The maximum absolute atomic E-state index is 11.2. The molecular formula is C8H16BrNO. The monoisotopic (exact) mass is 221 g/mol. The number of rotatable bonds is 4. The summed E-state index contributed by atoms with van der Waals surface area (Å²) in [4.78, 5) is 11.2. The van der Waals surface area contributed by atoms with Crippen LogP contribution >= 0.6 is 15.9 Å². The van der Waals surface area contributed by atoms with Crippen LogP contribution in [0.25, 0.3) is 0 Å². The van der Waals surface area contributed by atoms with Crippen LogP contribution in [0.1, 0.15) is 27.2 Å².